The number of anilines is 1. The van der Waals surface area contributed by atoms with E-state index in [4.69, 9.17) is 9.47 Å². The summed E-state index contributed by atoms with van der Waals surface area (Å²) in [5.74, 6) is 0.891. The zero-order valence-corrected chi connectivity index (χ0v) is 14.4. The van der Waals surface area contributed by atoms with Gasteiger partial charge in [-0.25, -0.2) is 4.39 Å². The van der Waals surface area contributed by atoms with Crippen LogP contribution in [0.15, 0.2) is 40.9 Å². The van der Waals surface area contributed by atoms with Gasteiger partial charge in [0, 0.05) is 10.9 Å². The van der Waals surface area contributed by atoms with Gasteiger partial charge in [0.1, 0.15) is 17.3 Å². The third kappa shape index (κ3) is 4.69. The van der Waals surface area contributed by atoms with Crippen molar-refractivity contribution >= 4 is 27.5 Å². The van der Waals surface area contributed by atoms with E-state index in [1.165, 1.54) is 18.2 Å². The fourth-order valence-electron chi connectivity index (χ4n) is 2.13. The van der Waals surface area contributed by atoms with Crippen LogP contribution in [0, 0.1) is 5.82 Å². The molecule has 0 aromatic heterocycles. The van der Waals surface area contributed by atoms with E-state index in [1.54, 1.807) is 20.3 Å². The molecule has 122 valence electrons. The first-order chi connectivity index (χ1) is 11.0. The number of methoxy groups -OCH3 is 2. The Kier molecular flexibility index (Phi) is 5.98. The van der Waals surface area contributed by atoms with E-state index in [0.29, 0.717) is 28.1 Å². The van der Waals surface area contributed by atoms with Crippen molar-refractivity contribution in [1.29, 1.82) is 0 Å². The molecule has 1 N–H and O–H groups in total. The molecule has 4 nitrogen and oxygen atoms in total. The molecule has 0 radical (unpaired) electrons. The number of benzene rings is 2. The molecule has 2 rings (SSSR count). The Bertz CT molecular complexity index is 706. The van der Waals surface area contributed by atoms with E-state index in [1.807, 2.05) is 12.1 Å². The summed E-state index contributed by atoms with van der Waals surface area (Å²) in [7, 11) is 3.17. The number of halogens is 2. The average Bonchev–Trinajstić information content (AvgIpc) is 2.55. The molecule has 0 unspecified atom stereocenters. The van der Waals surface area contributed by atoms with Gasteiger partial charge in [-0.15, -0.1) is 0 Å². The number of rotatable bonds is 6. The molecule has 0 bridgehead atoms. The van der Waals surface area contributed by atoms with Crippen LogP contribution in [0.5, 0.6) is 11.5 Å². The molecule has 1 amide bonds. The maximum Gasteiger partial charge on any atom is 0.224 e. The summed E-state index contributed by atoms with van der Waals surface area (Å²) in [5, 5.41) is 2.75. The van der Waals surface area contributed by atoms with E-state index >= 15 is 0 Å². The molecular formula is C17H17BrFNO3. The molecule has 0 saturated heterocycles. The summed E-state index contributed by atoms with van der Waals surface area (Å²) in [5.41, 5.74) is 1.43. The van der Waals surface area contributed by atoms with Crippen molar-refractivity contribution in [2.75, 3.05) is 19.5 Å². The molecule has 0 aliphatic rings. The van der Waals surface area contributed by atoms with Crippen LogP contribution in [0.25, 0.3) is 0 Å². The first kappa shape index (κ1) is 17.3. The standard InChI is InChI=1S/C17H17BrFNO3/c1-22-13-5-7-16(23-2)11(9-13)3-8-17(21)20-15-6-4-12(19)10-14(15)18/h4-7,9-10H,3,8H2,1-2H3,(H,20,21). The van der Waals surface area contributed by atoms with Gasteiger partial charge in [0.15, 0.2) is 0 Å². The first-order valence-corrected chi connectivity index (χ1v) is 7.78. The van der Waals surface area contributed by atoms with Gasteiger partial charge in [-0.3, -0.25) is 4.79 Å². The smallest absolute Gasteiger partial charge is 0.224 e. The highest BCUT2D eigenvalue weighted by Gasteiger charge is 2.10. The summed E-state index contributed by atoms with van der Waals surface area (Å²) in [6.45, 7) is 0. The second kappa shape index (κ2) is 7.97. The maximum absolute atomic E-state index is 13.0. The molecular weight excluding hydrogens is 365 g/mol. The Labute approximate surface area is 142 Å². The molecule has 2 aromatic carbocycles. The Morgan fingerprint density at radius 3 is 2.61 bits per heavy atom. The maximum atomic E-state index is 13.0. The lowest BCUT2D eigenvalue weighted by molar-refractivity contribution is -0.116. The lowest BCUT2D eigenvalue weighted by Crippen LogP contribution is -2.13. The highest BCUT2D eigenvalue weighted by Crippen LogP contribution is 2.26. The molecule has 0 aliphatic carbocycles. The van der Waals surface area contributed by atoms with E-state index in [2.05, 4.69) is 21.2 Å². The number of carbonyl (C=O) groups excluding carboxylic acids is 1. The van der Waals surface area contributed by atoms with E-state index in [0.717, 1.165) is 5.56 Å². The summed E-state index contributed by atoms with van der Waals surface area (Å²) in [6.07, 6.45) is 0.776. The SMILES string of the molecule is COc1ccc(OC)c(CCC(=O)Nc2ccc(F)cc2Br)c1. The van der Waals surface area contributed by atoms with E-state index < -0.39 is 0 Å². The zero-order valence-electron chi connectivity index (χ0n) is 12.9. The van der Waals surface area contributed by atoms with Crippen molar-refractivity contribution in [3.05, 3.63) is 52.3 Å². The summed E-state index contributed by atoms with van der Waals surface area (Å²) < 4.78 is 24.0. The van der Waals surface area contributed by atoms with Crippen LogP contribution >= 0.6 is 15.9 Å². The number of hydrogen-bond donors (Lipinski definition) is 1. The number of aryl methyl sites for hydroxylation is 1. The highest BCUT2D eigenvalue weighted by molar-refractivity contribution is 9.10. The summed E-state index contributed by atoms with van der Waals surface area (Å²) in [4.78, 5) is 12.1. The predicted molar refractivity (Wildman–Crippen MR) is 90.6 cm³/mol. The minimum Gasteiger partial charge on any atom is -0.497 e. The van der Waals surface area contributed by atoms with Gasteiger partial charge in [0.2, 0.25) is 5.91 Å². The number of carbonyl (C=O) groups is 1. The van der Waals surface area contributed by atoms with Crippen molar-refractivity contribution in [3.63, 3.8) is 0 Å². The fourth-order valence-corrected chi connectivity index (χ4v) is 2.58. The van der Waals surface area contributed by atoms with Crippen molar-refractivity contribution in [3.8, 4) is 11.5 Å². The normalized spacial score (nSPS) is 10.3. The van der Waals surface area contributed by atoms with Crippen LogP contribution in [0.3, 0.4) is 0 Å². The van der Waals surface area contributed by atoms with Gasteiger partial charge in [-0.2, -0.15) is 0 Å². The summed E-state index contributed by atoms with van der Waals surface area (Å²) in [6, 6.07) is 9.58. The number of hydrogen-bond acceptors (Lipinski definition) is 3. The van der Waals surface area contributed by atoms with E-state index in [-0.39, 0.29) is 18.1 Å². The van der Waals surface area contributed by atoms with Crippen molar-refractivity contribution in [1.82, 2.24) is 0 Å². The molecule has 0 fully saturated rings. The number of ether oxygens (including phenoxy) is 2. The molecule has 2 aromatic rings. The van der Waals surface area contributed by atoms with Gasteiger partial charge >= 0.3 is 0 Å². The fraction of sp³-hybridized carbons (Fsp3) is 0.235. The third-order valence-electron chi connectivity index (χ3n) is 3.31. The number of nitrogens with one attached hydrogen (secondary N) is 1. The van der Waals surface area contributed by atoms with Crippen molar-refractivity contribution < 1.29 is 18.7 Å². The highest BCUT2D eigenvalue weighted by atomic mass is 79.9. The number of amides is 1. The molecule has 0 aliphatic heterocycles. The van der Waals surface area contributed by atoms with E-state index in [9.17, 15) is 9.18 Å². The molecule has 0 saturated carbocycles. The second-order valence-corrected chi connectivity index (χ2v) is 5.70. The van der Waals surface area contributed by atoms with Crippen LogP contribution in [0.4, 0.5) is 10.1 Å². The summed E-state index contributed by atoms with van der Waals surface area (Å²) >= 11 is 3.22. The van der Waals surface area contributed by atoms with Gasteiger partial charge < -0.3 is 14.8 Å². The van der Waals surface area contributed by atoms with Crippen LogP contribution in [0.2, 0.25) is 0 Å². The molecule has 0 atom stereocenters. The molecule has 6 heteroatoms. The Balaban J connectivity index is 2.01. The Hall–Kier alpha value is -2.08. The lowest BCUT2D eigenvalue weighted by atomic mass is 10.1. The molecule has 0 heterocycles. The second-order valence-electron chi connectivity index (χ2n) is 4.85. The van der Waals surface area contributed by atoms with Gasteiger partial charge in [0.25, 0.3) is 0 Å². The lowest BCUT2D eigenvalue weighted by Gasteiger charge is -2.11. The topological polar surface area (TPSA) is 47.6 Å². The monoisotopic (exact) mass is 381 g/mol. The molecule has 0 spiro atoms. The average molecular weight is 382 g/mol. The van der Waals surface area contributed by atoms with Crippen LogP contribution < -0.4 is 14.8 Å². The largest absolute Gasteiger partial charge is 0.497 e. The van der Waals surface area contributed by atoms with Crippen LogP contribution in [-0.2, 0) is 11.2 Å². The molecule has 23 heavy (non-hydrogen) atoms. The zero-order chi connectivity index (χ0) is 16.8. The minimum atomic E-state index is -0.365. The Morgan fingerprint density at radius 2 is 1.96 bits per heavy atom. The van der Waals surface area contributed by atoms with Crippen molar-refractivity contribution in [2.45, 2.75) is 12.8 Å². The van der Waals surface area contributed by atoms with Gasteiger partial charge in [0.05, 0.1) is 19.9 Å². The van der Waals surface area contributed by atoms with Crippen LogP contribution in [0.1, 0.15) is 12.0 Å². The first-order valence-electron chi connectivity index (χ1n) is 6.99. The van der Waals surface area contributed by atoms with Crippen molar-refractivity contribution in [2.24, 2.45) is 0 Å². The van der Waals surface area contributed by atoms with Gasteiger partial charge in [-0.05, 0) is 64.3 Å². The minimum absolute atomic E-state index is 0.165. The van der Waals surface area contributed by atoms with Gasteiger partial charge in [-0.1, -0.05) is 0 Å². The third-order valence-corrected chi connectivity index (χ3v) is 3.97. The predicted octanol–water partition coefficient (Wildman–Crippen LogP) is 4.18. The van der Waals surface area contributed by atoms with Crippen LogP contribution in [-0.4, -0.2) is 20.1 Å². The Morgan fingerprint density at radius 1 is 1.17 bits per heavy atom. The quantitative estimate of drug-likeness (QED) is 0.816.